The number of anilines is 2. The van der Waals surface area contributed by atoms with Crippen LogP contribution < -0.4 is 15.8 Å². The first-order valence-corrected chi connectivity index (χ1v) is 13.2. The van der Waals surface area contributed by atoms with Crippen molar-refractivity contribution in [3.8, 4) is 23.0 Å². The molecule has 35 heavy (non-hydrogen) atoms. The highest BCUT2D eigenvalue weighted by Crippen LogP contribution is 2.45. The Kier molecular flexibility index (Phi) is 5.87. The molecule has 1 aliphatic carbocycles. The number of hydrogen-bond donors (Lipinski definition) is 3. The minimum absolute atomic E-state index is 0.0627. The molecule has 10 nitrogen and oxygen atoms in total. The van der Waals surface area contributed by atoms with Gasteiger partial charge in [0.1, 0.15) is 10.7 Å². The first-order valence-electron chi connectivity index (χ1n) is 10.8. The van der Waals surface area contributed by atoms with Gasteiger partial charge in [-0.1, -0.05) is 18.1 Å². The molecular weight excluding hydrogens is 488 g/mol. The van der Waals surface area contributed by atoms with Crippen LogP contribution in [0.1, 0.15) is 24.8 Å². The molecule has 5 rings (SSSR count). The molecule has 4 N–H and O–H groups in total. The highest BCUT2D eigenvalue weighted by Gasteiger charge is 2.44. The second-order valence-electron chi connectivity index (χ2n) is 8.48. The highest BCUT2D eigenvalue weighted by atomic mass is 32.2. The van der Waals surface area contributed by atoms with Gasteiger partial charge in [0.2, 0.25) is 11.7 Å². The summed E-state index contributed by atoms with van der Waals surface area (Å²) in [7, 11) is -3.86. The number of benzene rings is 2. The second kappa shape index (κ2) is 8.87. The van der Waals surface area contributed by atoms with Crippen LogP contribution in [0.2, 0.25) is 0 Å². The molecule has 0 radical (unpaired) electrons. The van der Waals surface area contributed by atoms with Gasteiger partial charge in [0.25, 0.3) is 15.9 Å². The third-order valence-corrected chi connectivity index (χ3v) is 7.98. The van der Waals surface area contributed by atoms with Crippen LogP contribution in [0.4, 0.5) is 11.4 Å². The maximum Gasteiger partial charge on any atom is 0.277 e. The summed E-state index contributed by atoms with van der Waals surface area (Å²) in [5.41, 5.74) is 7.27. The summed E-state index contributed by atoms with van der Waals surface area (Å²) < 4.78 is 33.6. The standard InChI is InChI=1S/C23H22N6O4S2/c1-23(9-10-23)22(30)25-15-3-2-4-16(11-15)29-35(31,32)17-7-5-14(6-8-17)20-27-21(33-28-20)18-13-34-19(12-24)26-18/h2-8,11,13,29H,9-10,12,24H2,1H3,(H,25,30). The van der Waals surface area contributed by atoms with Gasteiger partial charge in [0.05, 0.1) is 10.6 Å². The van der Waals surface area contributed by atoms with E-state index in [9.17, 15) is 13.2 Å². The van der Waals surface area contributed by atoms with Crippen molar-refractivity contribution in [2.75, 3.05) is 10.0 Å². The van der Waals surface area contributed by atoms with Crippen LogP contribution in [-0.2, 0) is 21.4 Å². The first kappa shape index (κ1) is 23.1. The van der Waals surface area contributed by atoms with E-state index in [1.807, 2.05) is 6.92 Å². The summed E-state index contributed by atoms with van der Waals surface area (Å²) >= 11 is 1.40. The van der Waals surface area contributed by atoms with Crippen molar-refractivity contribution in [2.45, 2.75) is 31.2 Å². The van der Waals surface area contributed by atoms with Crippen LogP contribution in [0.5, 0.6) is 0 Å². The molecule has 4 aromatic rings. The number of nitrogens with zero attached hydrogens (tertiary/aromatic N) is 3. The van der Waals surface area contributed by atoms with E-state index in [1.165, 1.54) is 23.5 Å². The van der Waals surface area contributed by atoms with Crippen LogP contribution in [0.3, 0.4) is 0 Å². The van der Waals surface area contributed by atoms with Crippen LogP contribution in [0.25, 0.3) is 23.0 Å². The van der Waals surface area contributed by atoms with E-state index in [1.54, 1.807) is 41.8 Å². The molecule has 0 aliphatic heterocycles. The molecule has 180 valence electrons. The average molecular weight is 511 g/mol. The van der Waals surface area contributed by atoms with Crippen LogP contribution >= 0.6 is 11.3 Å². The molecule has 0 atom stereocenters. The van der Waals surface area contributed by atoms with Gasteiger partial charge < -0.3 is 15.6 Å². The molecule has 1 aliphatic rings. The third kappa shape index (κ3) is 4.94. The minimum atomic E-state index is -3.86. The smallest absolute Gasteiger partial charge is 0.277 e. The lowest BCUT2D eigenvalue weighted by Crippen LogP contribution is -2.21. The van der Waals surface area contributed by atoms with Gasteiger partial charge in [-0.25, -0.2) is 13.4 Å². The number of carbonyl (C=O) groups is 1. The molecule has 0 saturated heterocycles. The summed E-state index contributed by atoms with van der Waals surface area (Å²) in [6.45, 7) is 2.23. The van der Waals surface area contributed by atoms with Crippen molar-refractivity contribution < 1.29 is 17.7 Å². The van der Waals surface area contributed by atoms with Crippen molar-refractivity contribution in [2.24, 2.45) is 11.1 Å². The van der Waals surface area contributed by atoms with E-state index >= 15 is 0 Å². The van der Waals surface area contributed by atoms with Crippen LogP contribution in [0, 0.1) is 5.41 Å². The Balaban J connectivity index is 1.29. The topological polar surface area (TPSA) is 153 Å². The molecular formula is C23H22N6O4S2. The van der Waals surface area contributed by atoms with Crippen LogP contribution in [0.15, 0.2) is 63.3 Å². The summed E-state index contributed by atoms with van der Waals surface area (Å²) in [6, 6.07) is 12.7. The van der Waals surface area contributed by atoms with Gasteiger partial charge in [-0.3, -0.25) is 9.52 Å². The van der Waals surface area contributed by atoms with Crippen LogP contribution in [-0.4, -0.2) is 29.4 Å². The van der Waals surface area contributed by atoms with E-state index in [-0.39, 0.29) is 22.1 Å². The first-order chi connectivity index (χ1) is 16.8. The number of sulfonamides is 1. The predicted molar refractivity (Wildman–Crippen MR) is 132 cm³/mol. The number of nitrogens with one attached hydrogen (secondary N) is 2. The maximum atomic E-state index is 12.9. The van der Waals surface area contributed by atoms with Crippen molar-refractivity contribution in [3.63, 3.8) is 0 Å². The molecule has 12 heteroatoms. The number of rotatable bonds is 8. The summed E-state index contributed by atoms with van der Waals surface area (Å²) in [4.78, 5) is 21.0. The number of thiazole rings is 1. The van der Waals surface area contributed by atoms with E-state index < -0.39 is 10.0 Å². The zero-order valence-electron chi connectivity index (χ0n) is 18.7. The fraction of sp³-hybridized carbons (Fsp3) is 0.217. The average Bonchev–Trinajstić information content (AvgIpc) is 3.24. The molecule has 1 fully saturated rings. The Morgan fingerprint density at radius 3 is 2.57 bits per heavy atom. The lowest BCUT2D eigenvalue weighted by Gasteiger charge is -2.12. The molecule has 2 aromatic carbocycles. The summed E-state index contributed by atoms with van der Waals surface area (Å²) in [5.74, 6) is 0.510. The zero-order chi connectivity index (χ0) is 24.6. The Bertz CT molecular complexity index is 1490. The van der Waals surface area contributed by atoms with E-state index in [4.69, 9.17) is 10.3 Å². The number of amides is 1. The number of carbonyl (C=O) groups excluding carboxylic acids is 1. The summed E-state index contributed by atoms with van der Waals surface area (Å²) in [5, 5.41) is 9.35. The molecule has 0 bridgehead atoms. The third-order valence-electron chi connectivity index (χ3n) is 5.72. The fourth-order valence-corrected chi connectivity index (χ4v) is 5.00. The van der Waals surface area contributed by atoms with Gasteiger partial charge in [-0.15, -0.1) is 11.3 Å². The Hall–Kier alpha value is -3.61. The van der Waals surface area contributed by atoms with Gasteiger partial charge in [0.15, 0.2) is 0 Å². The number of hydrogen-bond acceptors (Lipinski definition) is 9. The van der Waals surface area contributed by atoms with Crippen molar-refractivity contribution in [3.05, 3.63) is 58.9 Å². The van der Waals surface area contributed by atoms with Gasteiger partial charge in [-0.2, -0.15) is 4.98 Å². The molecule has 0 unspecified atom stereocenters. The van der Waals surface area contributed by atoms with E-state index in [0.717, 1.165) is 17.8 Å². The molecule has 2 heterocycles. The normalized spacial score (nSPS) is 14.5. The molecule has 1 saturated carbocycles. The minimum Gasteiger partial charge on any atom is -0.332 e. The second-order valence-corrected chi connectivity index (χ2v) is 11.1. The fourth-order valence-electron chi connectivity index (χ4n) is 3.30. The lowest BCUT2D eigenvalue weighted by molar-refractivity contribution is -0.120. The number of nitrogens with two attached hydrogens (primary N) is 1. The Morgan fingerprint density at radius 1 is 1.14 bits per heavy atom. The number of aromatic nitrogens is 3. The Labute approximate surface area is 205 Å². The maximum absolute atomic E-state index is 12.9. The van der Waals surface area contributed by atoms with Gasteiger partial charge >= 0.3 is 0 Å². The monoisotopic (exact) mass is 510 g/mol. The van der Waals surface area contributed by atoms with Crippen molar-refractivity contribution in [1.29, 1.82) is 0 Å². The largest absolute Gasteiger partial charge is 0.332 e. The zero-order valence-corrected chi connectivity index (χ0v) is 20.3. The van der Waals surface area contributed by atoms with E-state index in [2.05, 4.69) is 25.2 Å². The molecule has 1 amide bonds. The van der Waals surface area contributed by atoms with Gasteiger partial charge in [-0.05, 0) is 55.3 Å². The quantitative estimate of drug-likeness (QED) is 0.323. The van der Waals surface area contributed by atoms with Gasteiger partial charge in [0, 0.05) is 28.6 Å². The summed E-state index contributed by atoms with van der Waals surface area (Å²) in [6.07, 6.45) is 1.71. The van der Waals surface area contributed by atoms with Crippen molar-refractivity contribution in [1.82, 2.24) is 15.1 Å². The predicted octanol–water partition coefficient (Wildman–Crippen LogP) is 3.86. The lowest BCUT2D eigenvalue weighted by atomic mass is 10.1. The highest BCUT2D eigenvalue weighted by molar-refractivity contribution is 7.92. The Morgan fingerprint density at radius 2 is 1.89 bits per heavy atom. The molecule has 2 aromatic heterocycles. The molecule has 0 spiro atoms. The SMILES string of the molecule is CC1(C(=O)Nc2cccc(NS(=O)(=O)c3ccc(-c4noc(-c5csc(CN)n5)n4)cc3)c2)CC1. The van der Waals surface area contributed by atoms with Crippen molar-refractivity contribution >= 4 is 38.6 Å². The van der Waals surface area contributed by atoms with E-state index in [0.29, 0.717) is 35.0 Å².